The maximum Gasteiger partial charge on any atom is 0.345 e. The molecule has 3 heterocycles. The average Bonchev–Trinajstić information content (AvgIpc) is 3.38. The maximum absolute atomic E-state index is 12.3. The zero-order valence-corrected chi connectivity index (χ0v) is 17.2. The Bertz CT molecular complexity index is 1370. The molecule has 142 valence electrons. The van der Waals surface area contributed by atoms with E-state index in [1.165, 1.54) is 11.3 Å². The van der Waals surface area contributed by atoms with Crippen molar-refractivity contribution in [1.29, 1.82) is 0 Å². The summed E-state index contributed by atoms with van der Waals surface area (Å²) < 4.78 is 11.7. The van der Waals surface area contributed by atoms with E-state index in [1.807, 2.05) is 47.8 Å². The third kappa shape index (κ3) is 3.64. The highest BCUT2D eigenvalue weighted by atomic mass is 79.9. The van der Waals surface area contributed by atoms with Crippen molar-refractivity contribution in [2.75, 3.05) is 0 Å². The van der Waals surface area contributed by atoms with Crippen LogP contribution in [0.3, 0.4) is 0 Å². The Balaban J connectivity index is 1.40. The predicted octanol–water partition coefficient (Wildman–Crippen LogP) is 5.32. The van der Waals surface area contributed by atoms with E-state index in [4.69, 9.17) is 8.94 Å². The van der Waals surface area contributed by atoms with Crippen LogP contribution in [0.25, 0.3) is 33.6 Å². The van der Waals surface area contributed by atoms with Gasteiger partial charge in [0.15, 0.2) is 0 Å². The van der Waals surface area contributed by atoms with Crippen molar-refractivity contribution in [3.05, 3.63) is 85.8 Å². The molecule has 0 radical (unpaired) electrons. The van der Waals surface area contributed by atoms with Gasteiger partial charge in [-0.25, -0.2) is 9.78 Å². The molecule has 2 aromatic carbocycles. The van der Waals surface area contributed by atoms with Gasteiger partial charge in [0.2, 0.25) is 11.7 Å². The zero-order chi connectivity index (χ0) is 19.8. The normalized spacial score (nSPS) is 11.2. The SMILES string of the molecule is O=c1oc2ccccc2cc1-c1csc(Cc2nc(-c3ccc(Br)cc3)no2)n1. The van der Waals surface area contributed by atoms with Crippen molar-refractivity contribution in [3.8, 4) is 22.6 Å². The minimum absolute atomic E-state index is 0.396. The molecular formula is C21H12BrN3O3S. The summed E-state index contributed by atoms with van der Waals surface area (Å²) in [7, 11) is 0. The Morgan fingerprint density at radius 1 is 1.03 bits per heavy atom. The summed E-state index contributed by atoms with van der Waals surface area (Å²) in [4.78, 5) is 21.3. The summed E-state index contributed by atoms with van der Waals surface area (Å²) >= 11 is 4.84. The molecule has 0 atom stereocenters. The Hall–Kier alpha value is -3.10. The van der Waals surface area contributed by atoms with Crippen molar-refractivity contribution >= 4 is 38.2 Å². The van der Waals surface area contributed by atoms with Crippen LogP contribution in [0.15, 0.2) is 78.2 Å². The minimum atomic E-state index is -0.407. The van der Waals surface area contributed by atoms with Gasteiger partial charge in [-0.1, -0.05) is 39.3 Å². The quantitative estimate of drug-likeness (QED) is 0.334. The second kappa shape index (κ2) is 7.38. The first-order valence-electron chi connectivity index (χ1n) is 8.72. The van der Waals surface area contributed by atoms with Gasteiger partial charge in [0, 0.05) is 20.8 Å². The minimum Gasteiger partial charge on any atom is -0.422 e. The Morgan fingerprint density at radius 3 is 2.72 bits per heavy atom. The van der Waals surface area contributed by atoms with Gasteiger partial charge in [0.1, 0.15) is 10.6 Å². The molecule has 0 spiro atoms. The van der Waals surface area contributed by atoms with Crippen LogP contribution in [0.4, 0.5) is 0 Å². The lowest BCUT2D eigenvalue weighted by atomic mass is 10.1. The number of benzene rings is 2. The molecule has 0 amide bonds. The van der Waals surface area contributed by atoms with Crippen LogP contribution in [-0.4, -0.2) is 15.1 Å². The van der Waals surface area contributed by atoms with E-state index in [0.717, 1.165) is 20.4 Å². The molecular weight excluding hydrogens is 454 g/mol. The molecule has 0 saturated carbocycles. The Kier molecular flexibility index (Phi) is 4.57. The number of para-hydroxylation sites is 1. The summed E-state index contributed by atoms with van der Waals surface area (Å²) in [6.45, 7) is 0. The maximum atomic E-state index is 12.3. The molecule has 6 nitrogen and oxygen atoms in total. The lowest BCUT2D eigenvalue weighted by Crippen LogP contribution is -2.03. The summed E-state index contributed by atoms with van der Waals surface area (Å²) in [6.07, 6.45) is 0.396. The van der Waals surface area contributed by atoms with Crippen molar-refractivity contribution in [2.45, 2.75) is 6.42 Å². The summed E-state index contributed by atoms with van der Waals surface area (Å²) in [6, 6.07) is 16.9. The lowest BCUT2D eigenvalue weighted by molar-refractivity contribution is 0.385. The number of hydrogen-bond acceptors (Lipinski definition) is 7. The fourth-order valence-electron chi connectivity index (χ4n) is 2.93. The van der Waals surface area contributed by atoms with Crippen LogP contribution in [0, 0.1) is 0 Å². The van der Waals surface area contributed by atoms with Crippen LogP contribution in [-0.2, 0) is 6.42 Å². The monoisotopic (exact) mass is 465 g/mol. The molecule has 0 aliphatic carbocycles. The van der Waals surface area contributed by atoms with E-state index >= 15 is 0 Å². The van der Waals surface area contributed by atoms with Crippen molar-refractivity contribution in [3.63, 3.8) is 0 Å². The van der Waals surface area contributed by atoms with E-state index < -0.39 is 5.63 Å². The van der Waals surface area contributed by atoms with E-state index in [1.54, 1.807) is 12.1 Å². The van der Waals surface area contributed by atoms with Crippen LogP contribution >= 0.6 is 27.3 Å². The molecule has 0 fully saturated rings. The molecule has 0 saturated heterocycles. The van der Waals surface area contributed by atoms with Gasteiger partial charge >= 0.3 is 5.63 Å². The number of aromatic nitrogens is 3. The van der Waals surface area contributed by atoms with Crippen LogP contribution in [0.2, 0.25) is 0 Å². The molecule has 8 heteroatoms. The van der Waals surface area contributed by atoms with E-state index in [-0.39, 0.29) is 0 Å². The molecule has 29 heavy (non-hydrogen) atoms. The number of rotatable bonds is 4. The number of halogens is 1. The van der Waals surface area contributed by atoms with E-state index in [0.29, 0.717) is 35.0 Å². The number of fused-ring (bicyclic) bond motifs is 1. The van der Waals surface area contributed by atoms with Gasteiger partial charge < -0.3 is 8.94 Å². The molecule has 0 aliphatic heterocycles. The van der Waals surface area contributed by atoms with Gasteiger partial charge in [-0.05, 0) is 36.4 Å². The van der Waals surface area contributed by atoms with Crippen molar-refractivity contribution in [1.82, 2.24) is 15.1 Å². The number of hydrogen-bond donors (Lipinski definition) is 0. The number of nitrogens with zero attached hydrogens (tertiary/aromatic N) is 3. The second-order valence-electron chi connectivity index (χ2n) is 6.31. The highest BCUT2D eigenvalue weighted by Crippen LogP contribution is 2.25. The van der Waals surface area contributed by atoms with Gasteiger partial charge in [-0.15, -0.1) is 11.3 Å². The van der Waals surface area contributed by atoms with Crippen LogP contribution in [0.5, 0.6) is 0 Å². The van der Waals surface area contributed by atoms with Crippen molar-refractivity contribution < 1.29 is 8.94 Å². The lowest BCUT2D eigenvalue weighted by Gasteiger charge is -1.99. The second-order valence-corrected chi connectivity index (χ2v) is 8.17. The standard InChI is InChI=1S/C21H12BrN3O3S/c22-14-7-5-12(6-8-14)20-24-18(28-25-20)10-19-23-16(11-29-19)15-9-13-3-1-2-4-17(13)27-21(15)26/h1-9,11H,10H2. The number of thiazole rings is 1. The molecule has 5 aromatic rings. The smallest absolute Gasteiger partial charge is 0.345 e. The molecule has 0 aliphatic rings. The Morgan fingerprint density at radius 2 is 1.86 bits per heavy atom. The zero-order valence-electron chi connectivity index (χ0n) is 14.8. The fraction of sp³-hybridized carbons (Fsp3) is 0.0476. The molecule has 3 aromatic heterocycles. The van der Waals surface area contributed by atoms with Gasteiger partial charge in [-0.2, -0.15) is 4.98 Å². The van der Waals surface area contributed by atoms with Gasteiger partial charge in [0.05, 0.1) is 17.7 Å². The highest BCUT2D eigenvalue weighted by Gasteiger charge is 2.15. The third-order valence-corrected chi connectivity index (χ3v) is 5.72. The average molecular weight is 466 g/mol. The van der Waals surface area contributed by atoms with Gasteiger partial charge in [0.25, 0.3) is 0 Å². The van der Waals surface area contributed by atoms with Crippen LogP contribution < -0.4 is 5.63 Å². The Labute approximate surface area is 177 Å². The molecule has 5 rings (SSSR count). The topological polar surface area (TPSA) is 82.0 Å². The summed E-state index contributed by atoms with van der Waals surface area (Å²) in [5, 5.41) is 7.50. The molecule has 0 N–H and O–H groups in total. The molecule has 0 unspecified atom stereocenters. The first-order valence-corrected chi connectivity index (χ1v) is 10.4. The van der Waals surface area contributed by atoms with Gasteiger partial charge in [-0.3, -0.25) is 0 Å². The van der Waals surface area contributed by atoms with Crippen molar-refractivity contribution in [2.24, 2.45) is 0 Å². The first-order chi connectivity index (χ1) is 14.2. The van der Waals surface area contributed by atoms with E-state index in [2.05, 4.69) is 31.1 Å². The highest BCUT2D eigenvalue weighted by molar-refractivity contribution is 9.10. The fourth-order valence-corrected chi connectivity index (χ4v) is 3.98. The molecule has 0 bridgehead atoms. The summed E-state index contributed by atoms with van der Waals surface area (Å²) in [5.74, 6) is 0.994. The summed E-state index contributed by atoms with van der Waals surface area (Å²) in [5.41, 5.74) is 2.04. The predicted molar refractivity (Wildman–Crippen MR) is 114 cm³/mol. The third-order valence-electron chi connectivity index (χ3n) is 4.34. The largest absolute Gasteiger partial charge is 0.422 e. The van der Waals surface area contributed by atoms with E-state index in [9.17, 15) is 4.79 Å². The first kappa shape index (κ1) is 18.0. The van der Waals surface area contributed by atoms with Crippen LogP contribution in [0.1, 0.15) is 10.9 Å².